The van der Waals surface area contributed by atoms with Crippen molar-refractivity contribution in [2.45, 2.75) is 29.8 Å². The molecule has 5 rings (SSSR count). The van der Waals surface area contributed by atoms with E-state index in [1.165, 1.54) is 0 Å². The maximum absolute atomic E-state index is 13.1. The summed E-state index contributed by atoms with van der Waals surface area (Å²) in [4.78, 5) is 13.8. The second kappa shape index (κ2) is 13.3. The second-order valence-corrected chi connectivity index (χ2v) is 11.4. The van der Waals surface area contributed by atoms with Gasteiger partial charge in [0, 0.05) is 35.6 Å². The number of carbonyl (C=O) groups excluding carboxylic acids is 1. The molecule has 1 N–H and O–H groups in total. The number of carbonyl (C=O) groups is 1. The summed E-state index contributed by atoms with van der Waals surface area (Å²) in [6, 6.07) is 37.2. The Morgan fingerprint density at radius 2 is 1.30 bits per heavy atom. The van der Waals surface area contributed by atoms with E-state index < -0.39 is 23.7 Å². The molecular weight excluding hydrogens is 617 g/mol. The molecule has 43 heavy (non-hydrogen) atoms. The highest BCUT2D eigenvalue weighted by atomic mass is 79.9. The fraction of sp³-hybridized carbons (Fsp3) is 0.229. The first-order valence-electron chi connectivity index (χ1n) is 14.0. The van der Waals surface area contributed by atoms with Crippen molar-refractivity contribution in [1.82, 2.24) is 10.2 Å². The topological polar surface area (TPSA) is 41.6 Å². The van der Waals surface area contributed by atoms with Gasteiger partial charge < -0.3 is 10.1 Å². The number of benzene rings is 4. The van der Waals surface area contributed by atoms with Gasteiger partial charge in [-0.25, -0.2) is 0 Å². The van der Waals surface area contributed by atoms with E-state index in [-0.39, 0.29) is 25.1 Å². The van der Waals surface area contributed by atoms with E-state index in [1.807, 2.05) is 115 Å². The van der Waals surface area contributed by atoms with Crippen molar-refractivity contribution in [2.75, 3.05) is 19.7 Å². The van der Waals surface area contributed by atoms with Crippen molar-refractivity contribution in [3.8, 4) is 0 Å². The number of rotatable bonds is 11. The lowest BCUT2D eigenvalue weighted by molar-refractivity contribution is -0.174. The standard InChI is InChI=1S/C35H32BrF3N2O2/c1-2-22-41-30(23-40-33(42)35(37,38)39)32(25-18-20-29(36)21-19-25)31(41)24-43-34(26-12-6-3-7-13-26,27-14-8-4-9-15-27)28-16-10-5-11-17-28/h2-21,30-32H,1,22-24H2,(H,40,42)/t30-,31+,32+/m0/s1. The summed E-state index contributed by atoms with van der Waals surface area (Å²) in [5.74, 6) is -2.15. The Balaban J connectivity index is 1.55. The molecule has 0 unspecified atom stereocenters. The quantitative estimate of drug-likeness (QED) is 0.136. The lowest BCUT2D eigenvalue weighted by Crippen LogP contribution is -2.67. The van der Waals surface area contributed by atoms with E-state index in [0.29, 0.717) is 6.54 Å². The van der Waals surface area contributed by atoms with Crippen LogP contribution in [0.1, 0.15) is 28.2 Å². The summed E-state index contributed by atoms with van der Waals surface area (Å²) < 4.78 is 47.2. The van der Waals surface area contributed by atoms with Gasteiger partial charge in [-0.2, -0.15) is 13.2 Å². The predicted octanol–water partition coefficient (Wildman–Crippen LogP) is 7.46. The molecule has 1 aliphatic heterocycles. The minimum absolute atomic E-state index is 0.162. The summed E-state index contributed by atoms with van der Waals surface area (Å²) in [7, 11) is 0. The van der Waals surface area contributed by atoms with Gasteiger partial charge in [0.2, 0.25) is 0 Å². The minimum atomic E-state index is -4.96. The van der Waals surface area contributed by atoms with E-state index in [9.17, 15) is 18.0 Å². The molecule has 4 aromatic rings. The van der Waals surface area contributed by atoms with Crippen LogP contribution in [0, 0.1) is 0 Å². The average Bonchev–Trinajstić information content (AvgIpc) is 3.02. The van der Waals surface area contributed by atoms with Crippen LogP contribution in [0.25, 0.3) is 0 Å². The largest absolute Gasteiger partial charge is 0.471 e. The number of nitrogens with one attached hydrogen (secondary N) is 1. The van der Waals surface area contributed by atoms with Crippen molar-refractivity contribution in [3.05, 3.63) is 155 Å². The number of likely N-dealkylation sites (tertiary alicyclic amines) is 1. The highest BCUT2D eigenvalue weighted by Gasteiger charge is 2.51. The Morgan fingerprint density at radius 1 is 0.814 bits per heavy atom. The van der Waals surface area contributed by atoms with Gasteiger partial charge in [-0.15, -0.1) is 6.58 Å². The maximum atomic E-state index is 13.1. The van der Waals surface area contributed by atoms with Crippen LogP contribution in [-0.4, -0.2) is 48.8 Å². The predicted molar refractivity (Wildman–Crippen MR) is 166 cm³/mol. The normalized spacial score (nSPS) is 18.9. The van der Waals surface area contributed by atoms with Crippen LogP contribution in [0.2, 0.25) is 0 Å². The molecule has 4 nitrogen and oxygen atoms in total. The smallest absolute Gasteiger partial charge is 0.359 e. The summed E-state index contributed by atoms with van der Waals surface area (Å²) in [6.45, 7) is 4.41. The Labute approximate surface area is 258 Å². The van der Waals surface area contributed by atoms with Gasteiger partial charge in [-0.05, 0) is 34.4 Å². The van der Waals surface area contributed by atoms with Crippen LogP contribution in [0.3, 0.4) is 0 Å². The van der Waals surface area contributed by atoms with E-state index in [1.54, 1.807) is 6.08 Å². The molecule has 222 valence electrons. The Hall–Kier alpha value is -3.72. The Kier molecular flexibility index (Phi) is 9.49. The molecule has 1 saturated heterocycles. The van der Waals surface area contributed by atoms with Gasteiger partial charge in [-0.1, -0.05) is 125 Å². The third-order valence-electron chi connectivity index (χ3n) is 8.02. The van der Waals surface area contributed by atoms with Crippen LogP contribution in [0.15, 0.2) is 132 Å². The molecule has 8 heteroatoms. The first-order chi connectivity index (χ1) is 20.8. The lowest BCUT2D eigenvalue weighted by atomic mass is 9.74. The molecule has 0 aromatic heterocycles. The zero-order valence-electron chi connectivity index (χ0n) is 23.4. The Morgan fingerprint density at radius 3 is 1.74 bits per heavy atom. The third-order valence-corrected chi connectivity index (χ3v) is 8.55. The van der Waals surface area contributed by atoms with Gasteiger partial charge in [0.1, 0.15) is 5.60 Å². The highest BCUT2D eigenvalue weighted by Crippen LogP contribution is 2.45. The number of nitrogens with zero attached hydrogens (tertiary/aromatic N) is 1. The molecule has 0 radical (unpaired) electrons. The van der Waals surface area contributed by atoms with Gasteiger partial charge in [-0.3, -0.25) is 9.69 Å². The molecular formula is C35H32BrF3N2O2. The Bertz CT molecular complexity index is 1400. The number of ether oxygens (including phenoxy) is 1. The number of hydrogen-bond acceptors (Lipinski definition) is 3. The summed E-state index contributed by atoms with van der Waals surface area (Å²) in [5, 5.41) is 2.10. The summed E-state index contributed by atoms with van der Waals surface area (Å²) in [6.07, 6.45) is -3.23. The van der Waals surface area contributed by atoms with E-state index >= 15 is 0 Å². The molecule has 1 aliphatic rings. The van der Waals surface area contributed by atoms with Crippen molar-refractivity contribution in [3.63, 3.8) is 0 Å². The third kappa shape index (κ3) is 6.47. The fourth-order valence-corrected chi connectivity index (χ4v) is 6.35. The van der Waals surface area contributed by atoms with Crippen LogP contribution >= 0.6 is 15.9 Å². The van der Waals surface area contributed by atoms with E-state index in [4.69, 9.17) is 4.74 Å². The van der Waals surface area contributed by atoms with E-state index in [2.05, 4.69) is 32.7 Å². The zero-order chi connectivity index (χ0) is 30.5. The van der Waals surface area contributed by atoms with E-state index in [0.717, 1.165) is 26.7 Å². The minimum Gasteiger partial charge on any atom is -0.359 e. The zero-order valence-corrected chi connectivity index (χ0v) is 25.0. The lowest BCUT2D eigenvalue weighted by Gasteiger charge is -2.56. The molecule has 0 aliphatic carbocycles. The molecule has 1 fully saturated rings. The SMILES string of the molecule is C=CCN1[C@H](COC(c2ccccc2)(c2ccccc2)c2ccccc2)[C@H](c2ccc(Br)cc2)[C@@H]1CNC(=O)C(F)(F)F. The van der Waals surface area contributed by atoms with Crippen LogP contribution in [0.5, 0.6) is 0 Å². The number of halogens is 4. The molecule has 4 aromatic carbocycles. The molecule has 0 bridgehead atoms. The van der Waals surface area contributed by atoms with Crippen LogP contribution in [0.4, 0.5) is 13.2 Å². The van der Waals surface area contributed by atoms with Gasteiger partial charge >= 0.3 is 12.1 Å². The molecule has 1 amide bonds. The molecule has 0 spiro atoms. The highest BCUT2D eigenvalue weighted by molar-refractivity contribution is 9.10. The van der Waals surface area contributed by atoms with Crippen molar-refractivity contribution < 1.29 is 22.7 Å². The van der Waals surface area contributed by atoms with Crippen LogP contribution in [-0.2, 0) is 15.1 Å². The molecule has 3 atom stereocenters. The second-order valence-electron chi connectivity index (χ2n) is 10.5. The maximum Gasteiger partial charge on any atom is 0.471 e. The first kappa shape index (κ1) is 30.7. The molecule has 0 saturated carbocycles. The average molecular weight is 650 g/mol. The van der Waals surface area contributed by atoms with Crippen molar-refractivity contribution in [1.29, 1.82) is 0 Å². The fourth-order valence-electron chi connectivity index (χ4n) is 6.08. The van der Waals surface area contributed by atoms with Gasteiger partial charge in [0.15, 0.2) is 0 Å². The molecule has 1 heterocycles. The number of hydrogen-bond donors (Lipinski definition) is 1. The number of amides is 1. The van der Waals surface area contributed by atoms with Gasteiger partial charge in [0.05, 0.1) is 6.61 Å². The first-order valence-corrected chi connectivity index (χ1v) is 14.8. The monoisotopic (exact) mass is 648 g/mol. The summed E-state index contributed by atoms with van der Waals surface area (Å²) in [5.41, 5.74) is 2.86. The number of alkyl halides is 3. The van der Waals surface area contributed by atoms with Crippen molar-refractivity contribution >= 4 is 21.8 Å². The van der Waals surface area contributed by atoms with Crippen molar-refractivity contribution in [2.24, 2.45) is 0 Å². The van der Waals surface area contributed by atoms with Crippen LogP contribution < -0.4 is 5.32 Å². The van der Waals surface area contributed by atoms with Gasteiger partial charge in [0.25, 0.3) is 0 Å². The summed E-state index contributed by atoms with van der Waals surface area (Å²) >= 11 is 3.48.